The van der Waals surface area contributed by atoms with Crippen molar-refractivity contribution in [2.75, 3.05) is 0 Å². The van der Waals surface area contributed by atoms with Crippen LogP contribution >= 0.6 is 0 Å². The summed E-state index contributed by atoms with van der Waals surface area (Å²) in [5.41, 5.74) is 4.84. The van der Waals surface area contributed by atoms with Crippen molar-refractivity contribution in [3.63, 3.8) is 0 Å². The second kappa shape index (κ2) is 5.31. The first-order valence-corrected chi connectivity index (χ1v) is 9.48. The molecule has 130 valence electrons. The van der Waals surface area contributed by atoms with Crippen molar-refractivity contribution < 1.29 is 14.3 Å². The Morgan fingerprint density at radius 3 is 2.62 bits per heavy atom. The zero-order chi connectivity index (χ0) is 17.1. The van der Waals surface area contributed by atoms with E-state index in [0.29, 0.717) is 18.1 Å². The Kier molecular flexibility index (Phi) is 3.56. The van der Waals surface area contributed by atoms with Crippen LogP contribution in [0.2, 0.25) is 0 Å². The lowest BCUT2D eigenvalue weighted by Crippen LogP contribution is -2.44. The highest BCUT2D eigenvalue weighted by atomic mass is 16.5. The zero-order valence-electron chi connectivity index (χ0n) is 15.1. The molecule has 2 fully saturated rings. The maximum Gasteiger partial charge on any atom is 0.302 e. The van der Waals surface area contributed by atoms with E-state index in [1.165, 1.54) is 12.5 Å². The van der Waals surface area contributed by atoms with Gasteiger partial charge in [0.25, 0.3) is 0 Å². The van der Waals surface area contributed by atoms with Crippen LogP contribution in [0, 0.1) is 16.7 Å². The van der Waals surface area contributed by atoms with Crippen LogP contribution < -0.4 is 0 Å². The lowest BCUT2D eigenvalue weighted by atomic mass is 9.52. The normalized spacial score (nSPS) is 41.3. The minimum Gasteiger partial charge on any atom is -0.462 e. The van der Waals surface area contributed by atoms with Crippen molar-refractivity contribution in [1.82, 2.24) is 0 Å². The second-order valence-corrected chi connectivity index (χ2v) is 8.70. The van der Waals surface area contributed by atoms with Crippen molar-refractivity contribution in [1.29, 1.82) is 0 Å². The van der Waals surface area contributed by atoms with E-state index in [2.05, 4.69) is 13.8 Å². The molecule has 0 aromatic rings. The minimum absolute atomic E-state index is 0.0412. The Bertz CT molecular complexity index is 671. The second-order valence-electron chi connectivity index (χ2n) is 8.70. The van der Waals surface area contributed by atoms with E-state index in [0.717, 1.165) is 44.9 Å². The van der Waals surface area contributed by atoms with Crippen molar-refractivity contribution in [2.24, 2.45) is 16.7 Å². The van der Waals surface area contributed by atoms with E-state index in [-0.39, 0.29) is 22.9 Å². The molecular weight excluding hydrogens is 300 g/mol. The van der Waals surface area contributed by atoms with Gasteiger partial charge >= 0.3 is 5.97 Å². The number of hydrogen-bond donors (Lipinski definition) is 0. The van der Waals surface area contributed by atoms with Crippen LogP contribution in [0.15, 0.2) is 22.8 Å². The number of allylic oxidation sites excluding steroid dienone is 3. The van der Waals surface area contributed by atoms with Gasteiger partial charge in [-0.2, -0.15) is 0 Å². The fourth-order valence-corrected chi connectivity index (χ4v) is 6.16. The van der Waals surface area contributed by atoms with E-state index in [1.54, 1.807) is 11.1 Å². The van der Waals surface area contributed by atoms with Crippen LogP contribution in [0.5, 0.6) is 0 Å². The molecule has 0 aromatic heterocycles. The molecule has 24 heavy (non-hydrogen) atoms. The van der Waals surface area contributed by atoms with Gasteiger partial charge in [-0.1, -0.05) is 30.6 Å². The standard InChI is InChI=1S/C21H28O3/c1-13(22)24-19-7-6-17-16-5-4-14-12-15(23)8-10-20(14,2)18(16)9-11-21(17,19)3/h12,18-19H,4-11H2,1-3H3/t18-,19-,20-,21-/m0/s1. The third-order valence-electron chi connectivity index (χ3n) is 7.52. The highest BCUT2D eigenvalue weighted by Crippen LogP contribution is 2.62. The Morgan fingerprint density at radius 1 is 1.08 bits per heavy atom. The number of carbonyl (C=O) groups is 2. The maximum atomic E-state index is 11.9. The van der Waals surface area contributed by atoms with E-state index in [1.807, 2.05) is 6.08 Å². The molecule has 3 nitrogen and oxygen atoms in total. The molecule has 0 spiro atoms. The summed E-state index contributed by atoms with van der Waals surface area (Å²) in [4.78, 5) is 23.4. The van der Waals surface area contributed by atoms with E-state index in [4.69, 9.17) is 4.74 Å². The van der Waals surface area contributed by atoms with Gasteiger partial charge in [-0.25, -0.2) is 0 Å². The van der Waals surface area contributed by atoms with Crippen molar-refractivity contribution in [3.05, 3.63) is 22.8 Å². The highest BCUT2D eigenvalue weighted by molar-refractivity contribution is 5.91. The molecule has 0 heterocycles. The van der Waals surface area contributed by atoms with Gasteiger partial charge in [0.05, 0.1) is 0 Å². The first kappa shape index (κ1) is 16.1. The molecule has 0 saturated heterocycles. The predicted molar refractivity (Wildman–Crippen MR) is 92.3 cm³/mol. The van der Waals surface area contributed by atoms with Gasteiger partial charge in [0, 0.05) is 18.8 Å². The van der Waals surface area contributed by atoms with Crippen LogP contribution in [0.25, 0.3) is 0 Å². The number of esters is 1. The summed E-state index contributed by atoms with van der Waals surface area (Å²) in [5, 5.41) is 0. The number of carbonyl (C=O) groups excluding carboxylic acids is 2. The molecule has 2 saturated carbocycles. The quantitative estimate of drug-likeness (QED) is 0.525. The number of ether oxygens (including phenoxy) is 1. The first-order chi connectivity index (χ1) is 11.3. The molecule has 4 aliphatic carbocycles. The van der Waals surface area contributed by atoms with Crippen LogP contribution in [0.1, 0.15) is 72.1 Å². The molecule has 3 heteroatoms. The summed E-state index contributed by atoms with van der Waals surface area (Å²) in [6.07, 6.45) is 10.2. The largest absolute Gasteiger partial charge is 0.462 e. The number of hydrogen-bond acceptors (Lipinski definition) is 3. The zero-order valence-corrected chi connectivity index (χ0v) is 15.1. The number of rotatable bonds is 1. The van der Waals surface area contributed by atoms with Gasteiger partial charge in [-0.05, 0) is 62.4 Å². The molecule has 0 bridgehead atoms. The fourth-order valence-electron chi connectivity index (χ4n) is 6.16. The van der Waals surface area contributed by atoms with Crippen LogP contribution in [-0.2, 0) is 14.3 Å². The van der Waals surface area contributed by atoms with Crippen LogP contribution in [0.4, 0.5) is 0 Å². The van der Waals surface area contributed by atoms with Crippen molar-refractivity contribution in [2.45, 2.75) is 78.2 Å². The fraction of sp³-hybridized carbons (Fsp3) is 0.714. The first-order valence-electron chi connectivity index (χ1n) is 9.48. The molecular formula is C21H28O3. The summed E-state index contributed by atoms with van der Waals surface area (Å²) in [7, 11) is 0. The van der Waals surface area contributed by atoms with Gasteiger partial charge in [-0.3, -0.25) is 9.59 Å². The molecule has 0 radical (unpaired) electrons. The third-order valence-corrected chi connectivity index (χ3v) is 7.52. The monoisotopic (exact) mass is 328 g/mol. The van der Waals surface area contributed by atoms with Gasteiger partial charge in [-0.15, -0.1) is 0 Å². The summed E-state index contributed by atoms with van der Waals surface area (Å²) in [5.74, 6) is 0.751. The Hall–Kier alpha value is -1.38. The third kappa shape index (κ3) is 2.16. The molecule has 0 aromatic carbocycles. The van der Waals surface area contributed by atoms with Gasteiger partial charge < -0.3 is 4.74 Å². The number of fused-ring (bicyclic) bond motifs is 4. The Morgan fingerprint density at radius 2 is 1.88 bits per heavy atom. The smallest absolute Gasteiger partial charge is 0.302 e. The van der Waals surface area contributed by atoms with Gasteiger partial charge in [0.2, 0.25) is 0 Å². The average molecular weight is 328 g/mol. The van der Waals surface area contributed by atoms with Gasteiger partial charge in [0.15, 0.2) is 5.78 Å². The average Bonchev–Trinajstić information content (AvgIpc) is 2.84. The Labute approximate surface area is 144 Å². The van der Waals surface area contributed by atoms with Crippen molar-refractivity contribution >= 4 is 11.8 Å². The highest BCUT2D eigenvalue weighted by Gasteiger charge is 2.54. The molecule has 4 rings (SSSR count). The minimum atomic E-state index is -0.152. The Balaban J connectivity index is 1.72. The SMILES string of the molecule is CC(=O)O[C@H]1CCC2=C3CCC4=CC(=O)CC[C@]4(C)[C@H]3CC[C@@]21C. The van der Waals surface area contributed by atoms with Crippen LogP contribution in [0.3, 0.4) is 0 Å². The summed E-state index contributed by atoms with van der Waals surface area (Å²) in [6.45, 7) is 6.22. The summed E-state index contributed by atoms with van der Waals surface area (Å²) in [6, 6.07) is 0. The molecule has 0 N–H and O–H groups in total. The number of ketones is 1. The molecule has 0 unspecified atom stereocenters. The molecule has 0 aliphatic heterocycles. The lowest BCUT2D eigenvalue weighted by Gasteiger charge is -2.52. The summed E-state index contributed by atoms with van der Waals surface area (Å²) < 4.78 is 5.68. The van der Waals surface area contributed by atoms with E-state index >= 15 is 0 Å². The molecule has 0 amide bonds. The summed E-state index contributed by atoms with van der Waals surface area (Å²) >= 11 is 0. The van der Waals surface area contributed by atoms with E-state index in [9.17, 15) is 9.59 Å². The van der Waals surface area contributed by atoms with Gasteiger partial charge in [0.1, 0.15) is 6.10 Å². The molecule has 4 atom stereocenters. The van der Waals surface area contributed by atoms with E-state index < -0.39 is 0 Å². The van der Waals surface area contributed by atoms with Crippen LogP contribution in [-0.4, -0.2) is 17.9 Å². The molecule has 4 aliphatic rings. The predicted octanol–water partition coefficient (Wildman–Crippen LogP) is 4.51. The maximum absolute atomic E-state index is 11.9. The van der Waals surface area contributed by atoms with Crippen molar-refractivity contribution in [3.8, 4) is 0 Å². The topological polar surface area (TPSA) is 43.4 Å². The lowest BCUT2D eigenvalue weighted by molar-refractivity contribution is -0.151.